The average molecular weight is 627 g/mol. The number of amides is 1. The molecule has 1 amide bonds. The van der Waals surface area contributed by atoms with E-state index in [0.29, 0.717) is 24.0 Å². The molecule has 2 aliphatic heterocycles. The Morgan fingerprint density at radius 2 is 1.93 bits per heavy atom. The number of fused-ring (bicyclic) bond motifs is 4. The number of hydrogen-bond donors (Lipinski definition) is 1. The first kappa shape index (κ1) is 30.3. The molecule has 1 fully saturated rings. The van der Waals surface area contributed by atoms with Crippen molar-refractivity contribution in [1.29, 1.82) is 0 Å². The fraction of sp³-hybridized carbons (Fsp3) is 0.559. The first-order valence-corrected chi connectivity index (χ1v) is 17.6. The number of carbonyl (C=O) groups is 1. The molecule has 0 unspecified atom stereocenters. The van der Waals surface area contributed by atoms with Crippen LogP contribution in [0.3, 0.4) is 0 Å². The number of carbonyl (C=O) groups excluding carboxylic acids is 1. The van der Waals surface area contributed by atoms with Crippen molar-refractivity contribution in [3.05, 3.63) is 69.9 Å². The molecule has 2 aromatic rings. The van der Waals surface area contributed by atoms with Gasteiger partial charge < -0.3 is 14.4 Å². The Bertz CT molecular complexity index is 1520. The summed E-state index contributed by atoms with van der Waals surface area (Å²) < 4.78 is 41.1. The van der Waals surface area contributed by atoms with Crippen molar-refractivity contribution in [3.8, 4) is 5.75 Å². The van der Waals surface area contributed by atoms with E-state index < -0.39 is 21.2 Å². The predicted molar refractivity (Wildman–Crippen MR) is 170 cm³/mol. The van der Waals surface area contributed by atoms with Crippen molar-refractivity contribution in [2.24, 2.45) is 17.8 Å². The van der Waals surface area contributed by atoms with Crippen LogP contribution in [0.2, 0.25) is 5.02 Å². The quantitative estimate of drug-likeness (QED) is 0.357. The molecule has 0 saturated heterocycles. The van der Waals surface area contributed by atoms with Crippen LogP contribution in [0.25, 0.3) is 0 Å². The van der Waals surface area contributed by atoms with Crippen LogP contribution < -0.4 is 14.4 Å². The van der Waals surface area contributed by atoms with Gasteiger partial charge in [0.25, 0.3) is 5.91 Å². The van der Waals surface area contributed by atoms with Crippen molar-refractivity contribution in [3.63, 3.8) is 0 Å². The fourth-order valence-electron chi connectivity index (χ4n) is 7.75. The van der Waals surface area contributed by atoms with E-state index in [2.05, 4.69) is 21.8 Å². The molecule has 232 valence electrons. The number of ether oxygens (including phenoxy) is 2. The van der Waals surface area contributed by atoms with Gasteiger partial charge in [0.05, 0.1) is 30.9 Å². The second-order valence-electron chi connectivity index (χ2n) is 13.2. The van der Waals surface area contributed by atoms with E-state index in [1.807, 2.05) is 31.4 Å². The van der Waals surface area contributed by atoms with Crippen LogP contribution in [-0.2, 0) is 26.6 Å². The molecule has 43 heavy (non-hydrogen) atoms. The monoisotopic (exact) mass is 626 g/mol. The highest BCUT2D eigenvalue weighted by Gasteiger charge is 2.44. The molecule has 9 heteroatoms. The minimum absolute atomic E-state index is 0.0976. The molecule has 5 atom stereocenters. The molecule has 2 heterocycles. The third-order valence-corrected chi connectivity index (χ3v) is 12.7. The van der Waals surface area contributed by atoms with E-state index in [4.69, 9.17) is 21.1 Å². The van der Waals surface area contributed by atoms with Gasteiger partial charge in [-0.1, -0.05) is 24.6 Å². The second-order valence-corrected chi connectivity index (χ2v) is 15.7. The lowest BCUT2D eigenvalue weighted by Crippen LogP contribution is -2.48. The van der Waals surface area contributed by atoms with Gasteiger partial charge in [0, 0.05) is 29.1 Å². The van der Waals surface area contributed by atoms with E-state index in [9.17, 15) is 13.2 Å². The maximum absolute atomic E-state index is 13.4. The van der Waals surface area contributed by atoms with E-state index in [1.54, 1.807) is 20.1 Å². The standard InChI is InChI=1S/C34H43ClN2O5S/c1-22-6-4-7-27(19-41-3)29-12-9-26(29)18-37-20-34(15-5-8-24-16-28(35)11-13-30(24)34)21-42-32-14-10-25(17-31(32)37)33(38)36-43(39,40)23(22)2/h10-11,13-14,16-17,19,22-23,26,29H,4-9,12,15,18,20-21H2,1-3H3,(H,36,38)/t22-,23+,26-,29+,34-/m0/s1. The minimum Gasteiger partial charge on any atom is -0.504 e. The van der Waals surface area contributed by atoms with Gasteiger partial charge in [-0.15, -0.1) is 0 Å². The molecule has 4 aliphatic rings. The molecule has 1 saturated carbocycles. The second kappa shape index (κ2) is 12.0. The molecule has 0 aromatic heterocycles. The fourth-order valence-corrected chi connectivity index (χ4v) is 9.25. The summed E-state index contributed by atoms with van der Waals surface area (Å²) in [5.74, 6) is 0.887. The van der Waals surface area contributed by atoms with Crippen LogP contribution in [0.15, 0.2) is 48.2 Å². The van der Waals surface area contributed by atoms with Crippen LogP contribution >= 0.6 is 11.6 Å². The Morgan fingerprint density at radius 1 is 1.09 bits per heavy atom. The van der Waals surface area contributed by atoms with E-state index in [1.165, 1.54) is 16.7 Å². The van der Waals surface area contributed by atoms with Crippen LogP contribution in [0.4, 0.5) is 5.69 Å². The van der Waals surface area contributed by atoms with Crippen molar-refractivity contribution < 1.29 is 22.7 Å². The summed E-state index contributed by atoms with van der Waals surface area (Å²) in [5.41, 5.74) is 4.83. The normalized spacial score (nSPS) is 31.6. The molecule has 0 radical (unpaired) electrons. The zero-order valence-electron chi connectivity index (χ0n) is 25.4. The van der Waals surface area contributed by atoms with Crippen LogP contribution in [-0.4, -0.2) is 46.4 Å². The number of methoxy groups -OCH3 is 1. The molecule has 1 spiro atoms. The van der Waals surface area contributed by atoms with Gasteiger partial charge in [0.15, 0.2) is 0 Å². The maximum atomic E-state index is 13.4. The number of rotatable bonds is 1. The van der Waals surface area contributed by atoms with Crippen molar-refractivity contribution in [2.75, 3.05) is 31.7 Å². The summed E-state index contributed by atoms with van der Waals surface area (Å²) in [4.78, 5) is 15.8. The number of hydrogen-bond acceptors (Lipinski definition) is 6. The third kappa shape index (κ3) is 5.89. The summed E-state index contributed by atoms with van der Waals surface area (Å²) in [6, 6.07) is 11.6. The highest BCUT2D eigenvalue weighted by molar-refractivity contribution is 7.90. The number of nitrogens with one attached hydrogen (secondary N) is 1. The first-order chi connectivity index (χ1) is 20.6. The zero-order valence-corrected chi connectivity index (χ0v) is 27.0. The lowest BCUT2D eigenvalue weighted by Gasteiger charge is -2.45. The number of aryl methyl sites for hydroxylation is 1. The Balaban J connectivity index is 1.43. The van der Waals surface area contributed by atoms with E-state index >= 15 is 0 Å². The third-order valence-electron chi connectivity index (χ3n) is 10.6. The molecule has 2 bridgehead atoms. The lowest BCUT2D eigenvalue weighted by atomic mass is 9.67. The number of anilines is 1. The summed E-state index contributed by atoms with van der Waals surface area (Å²) >= 11 is 6.42. The Morgan fingerprint density at radius 3 is 2.70 bits per heavy atom. The zero-order chi connectivity index (χ0) is 30.4. The van der Waals surface area contributed by atoms with Crippen molar-refractivity contribution in [1.82, 2.24) is 4.72 Å². The highest BCUT2D eigenvalue weighted by Crippen LogP contribution is 2.48. The van der Waals surface area contributed by atoms with Gasteiger partial charge in [-0.2, -0.15) is 0 Å². The summed E-state index contributed by atoms with van der Waals surface area (Å²) in [6.07, 6.45) is 9.71. The van der Waals surface area contributed by atoms with E-state index in [-0.39, 0.29) is 11.3 Å². The van der Waals surface area contributed by atoms with Crippen molar-refractivity contribution >= 4 is 33.2 Å². The maximum Gasteiger partial charge on any atom is 0.264 e. The SMILES string of the molecule is COC=C1CCC[C@H](C)[C@@H](C)S(=O)(=O)NC(=O)c2ccc3c(c2)N(C[C@@H]2CC[C@@H]12)C[C@@]1(CCCc2cc(Cl)ccc21)CO3. The Hall–Kier alpha value is -2.71. The highest BCUT2D eigenvalue weighted by atomic mass is 35.5. The van der Waals surface area contributed by atoms with Crippen LogP contribution in [0.1, 0.15) is 80.3 Å². The number of sulfonamides is 1. The smallest absolute Gasteiger partial charge is 0.264 e. The Labute approximate surface area is 261 Å². The van der Waals surface area contributed by atoms with Crippen LogP contribution in [0, 0.1) is 17.8 Å². The molecule has 7 nitrogen and oxygen atoms in total. The summed E-state index contributed by atoms with van der Waals surface area (Å²) in [7, 11) is -2.16. The van der Waals surface area contributed by atoms with Gasteiger partial charge >= 0.3 is 0 Å². The molecule has 2 aliphatic carbocycles. The number of allylic oxidation sites excluding steroid dienone is 1. The first-order valence-electron chi connectivity index (χ1n) is 15.7. The molecule has 6 rings (SSSR count). The molecule has 2 aromatic carbocycles. The lowest BCUT2D eigenvalue weighted by molar-refractivity contribution is 0.0980. The Kier molecular flexibility index (Phi) is 8.46. The van der Waals surface area contributed by atoms with Gasteiger partial charge in [0.2, 0.25) is 10.0 Å². The molecular weight excluding hydrogens is 584 g/mol. The number of nitrogens with zero attached hydrogens (tertiary/aromatic N) is 1. The van der Waals surface area contributed by atoms with Gasteiger partial charge in [-0.25, -0.2) is 13.1 Å². The number of benzene rings is 2. The minimum atomic E-state index is -3.86. The average Bonchev–Trinajstić information content (AvgIpc) is 3.11. The van der Waals surface area contributed by atoms with Gasteiger partial charge in [-0.3, -0.25) is 4.79 Å². The summed E-state index contributed by atoms with van der Waals surface area (Å²) in [6.45, 7) is 5.75. The largest absolute Gasteiger partial charge is 0.504 e. The number of halogens is 1. The predicted octanol–water partition coefficient (Wildman–Crippen LogP) is 6.64. The van der Waals surface area contributed by atoms with E-state index in [0.717, 1.165) is 80.9 Å². The van der Waals surface area contributed by atoms with Gasteiger partial charge in [-0.05, 0) is 123 Å². The summed E-state index contributed by atoms with van der Waals surface area (Å²) in [5, 5.41) is 0.0544. The molecular formula is C34H43ClN2O5S. The topological polar surface area (TPSA) is 84.9 Å². The van der Waals surface area contributed by atoms with Gasteiger partial charge in [0.1, 0.15) is 5.75 Å². The van der Waals surface area contributed by atoms with Crippen LogP contribution in [0.5, 0.6) is 5.75 Å². The van der Waals surface area contributed by atoms with Crippen molar-refractivity contribution in [2.45, 2.75) is 75.9 Å². The molecule has 1 N–H and O–H groups in total.